The number of benzene rings is 2. The summed E-state index contributed by atoms with van der Waals surface area (Å²) in [4.78, 5) is 17.4. The number of nitrogens with zero attached hydrogens (tertiary/aromatic N) is 2. The Bertz CT molecular complexity index is 1150. The molecule has 0 unspecified atom stereocenters. The summed E-state index contributed by atoms with van der Waals surface area (Å²) < 4.78 is 21.1. The molecule has 0 spiro atoms. The van der Waals surface area contributed by atoms with E-state index in [-0.39, 0.29) is 12.5 Å². The Morgan fingerprint density at radius 3 is 2.57 bits per heavy atom. The summed E-state index contributed by atoms with van der Waals surface area (Å²) in [7, 11) is 3.12. The van der Waals surface area contributed by atoms with E-state index >= 15 is 0 Å². The van der Waals surface area contributed by atoms with Gasteiger partial charge in [-0.2, -0.15) is 4.98 Å². The van der Waals surface area contributed by atoms with Crippen LogP contribution in [0.4, 0.5) is 0 Å². The number of hydrogen-bond donors (Lipinski definition) is 0. The van der Waals surface area contributed by atoms with Gasteiger partial charge in [0, 0.05) is 11.1 Å². The quantitative estimate of drug-likeness (QED) is 0.394. The Hall–Kier alpha value is -3.65. The predicted molar refractivity (Wildman–Crippen MR) is 112 cm³/mol. The molecule has 0 aliphatic carbocycles. The Kier molecular flexibility index (Phi) is 5.76. The van der Waals surface area contributed by atoms with Gasteiger partial charge in [0.1, 0.15) is 4.88 Å². The summed E-state index contributed by atoms with van der Waals surface area (Å²) in [5, 5.41) is 5.81. The summed E-state index contributed by atoms with van der Waals surface area (Å²) >= 11 is 1.33. The lowest BCUT2D eigenvalue weighted by Gasteiger charge is -2.07. The molecule has 0 saturated heterocycles. The minimum Gasteiger partial charge on any atom is -0.493 e. The number of hydrogen-bond acceptors (Lipinski definition) is 8. The Labute approximate surface area is 176 Å². The Morgan fingerprint density at radius 1 is 1.00 bits per heavy atom. The first-order valence-electron chi connectivity index (χ1n) is 9.04. The van der Waals surface area contributed by atoms with E-state index in [2.05, 4.69) is 10.1 Å². The van der Waals surface area contributed by atoms with Crippen molar-refractivity contribution < 1.29 is 23.5 Å². The second-order valence-corrected chi connectivity index (χ2v) is 7.10. The molecular weight excluding hydrogens is 404 g/mol. The second kappa shape index (κ2) is 8.79. The number of thiophene rings is 1. The van der Waals surface area contributed by atoms with Gasteiger partial charge in [0.05, 0.1) is 14.2 Å². The van der Waals surface area contributed by atoms with E-state index in [0.29, 0.717) is 27.8 Å². The minimum absolute atomic E-state index is 0.120. The van der Waals surface area contributed by atoms with E-state index in [4.69, 9.17) is 18.7 Å². The number of aromatic nitrogens is 2. The summed E-state index contributed by atoms with van der Waals surface area (Å²) in [6.07, 6.45) is 0. The van der Waals surface area contributed by atoms with Crippen molar-refractivity contribution >= 4 is 17.3 Å². The van der Waals surface area contributed by atoms with Crippen molar-refractivity contribution in [2.24, 2.45) is 0 Å². The maximum absolute atomic E-state index is 12.6. The summed E-state index contributed by atoms with van der Waals surface area (Å²) in [6, 6.07) is 16.9. The average Bonchev–Trinajstić information content (AvgIpc) is 3.47. The second-order valence-electron chi connectivity index (χ2n) is 6.19. The highest BCUT2D eigenvalue weighted by Gasteiger charge is 2.18. The predicted octanol–water partition coefficient (Wildman–Crippen LogP) is 4.84. The van der Waals surface area contributed by atoms with E-state index in [1.54, 1.807) is 32.4 Å². The fraction of sp³-hybridized carbons (Fsp3) is 0.136. The molecule has 0 radical (unpaired) electrons. The van der Waals surface area contributed by atoms with Crippen molar-refractivity contribution in [3.05, 3.63) is 70.7 Å². The van der Waals surface area contributed by atoms with Gasteiger partial charge in [-0.05, 0) is 35.2 Å². The van der Waals surface area contributed by atoms with Crippen LogP contribution in [-0.2, 0) is 11.3 Å². The Balaban J connectivity index is 1.46. The van der Waals surface area contributed by atoms with E-state index in [1.165, 1.54) is 11.3 Å². The highest BCUT2D eigenvalue weighted by molar-refractivity contribution is 7.12. The topological polar surface area (TPSA) is 83.7 Å². The molecule has 2 aromatic carbocycles. The van der Waals surface area contributed by atoms with Crippen LogP contribution in [0.1, 0.15) is 15.6 Å². The fourth-order valence-electron chi connectivity index (χ4n) is 2.91. The highest BCUT2D eigenvalue weighted by atomic mass is 32.1. The molecule has 4 rings (SSSR count). The van der Waals surface area contributed by atoms with Gasteiger partial charge in [-0.1, -0.05) is 35.5 Å². The number of methoxy groups -OCH3 is 2. The molecule has 8 heteroatoms. The van der Waals surface area contributed by atoms with E-state index in [9.17, 15) is 4.79 Å². The van der Waals surface area contributed by atoms with Gasteiger partial charge >= 0.3 is 5.97 Å². The molecule has 2 aromatic heterocycles. The maximum Gasteiger partial charge on any atom is 0.349 e. The number of carbonyl (C=O) groups is 1. The van der Waals surface area contributed by atoms with E-state index in [1.807, 2.05) is 41.8 Å². The van der Waals surface area contributed by atoms with E-state index in [0.717, 1.165) is 11.1 Å². The molecule has 4 aromatic rings. The van der Waals surface area contributed by atoms with Crippen molar-refractivity contribution in [3.8, 4) is 34.0 Å². The third-order valence-corrected chi connectivity index (χ3v) is 5.27. The molecule has 0 bridgehead atoms. The van der Waals surface area contributed by atoms with Crippen molar-refractivity contribution in [1.82, 2.24) is 10.1 Å². The van der Waals surface area contributed by atoms with Crippen molar-refractivity contribution in [1.29, 1.82) is 0 Å². The van der Waals surface area contributed by atoms with Gasteiger partial charge in [-0.15, -0.1) is 11.3 Å². The van der Waals surface area contributed by atoms with Crippen LogP contribution in [0.15, 0.2) is 64.5 Å². The monoisotopic (exact) mass is 422 g/mol. The summed E-state index contributed by atoms with van der Waals surface area (Å²) in [6.45, 7) is -0.120. The van der Waals surface area contributed by atoms with Gasteiger partial charge in [0.15, 0.2) is 18.1 Å². The standard InChI is InChI=1S/C22H18N2O5S/c1-26-17-9-8-15(12-18(17)27-2)21-23-19(29-24-21)13-28-22(25)20-16(10-11-30-20)14-6-4-3-5-7-14/h3-12H,13H2,1-2H3. The SMILES string of the molecule is COc1ccc(-c2noc(COC(=O)c3sccc3-c3ccccc3)n2)cc1OC. The van der Waals surface area contributed by atoms with Crippen LogP contribution >= 0.6 is 11.3 Å². The van der Waals surface area contributed by atoms with Crippen LogP contribution in [0.3, 0.4) is 0 Å². The summed E-state index contributed by atoms with van der Waals surface area (Å²) in [5.74, 6) is 1.28. The molecule has 7 nitrogen and oxygen atoms in total. The van der Waals surface area contributed by atoms with Crippen molar-refractivity contribution in [2.45, 2.75) is 6.61 Å². The van der Waals surface area contributed by atoms with Gasteiger partial charge < -0.3 is 18.7 Å². The van der Waals surface area contributed by atoms with Crippen LogP contribution in [0, 0.1) is 0 Å². The molecule has 152 valence electrons. The number of rotatable bonds is 7. The molecule has 0 atom stereocenters. The van der Waals surface area contributed by atoms with Gasteiger partial charge in [-0.3, -0.25) is 0 Å². The van der Waals surface area contributed by atoms with Crippen LogP contribution in [0.5, 0.6) is 11.5 Å². The molecule has 0 saturated carbocycles. The summed E-state index contributed by atoms with van der Waals surface area (Å²) in [5.41, 5.74) is 2.49. The zero-order valence-corrected chi connectivity index (χ0v) is 17.1. The zero-order chi connectivity index (χ0) is 20.9. The third kappa shape index (κ3) is 4.04. The smallest absolute Gasteiger partial charge is 0.349 e. The van der Waals surface area contributed by atoms with Crippen LogP contribution in [0.2, 0.25) is 0 Å². The Morgan fingerprint density at radius 2 is 1.80 bits per heavy atom. The van der Waals surface area contributed by atoms with Crippen LogP contribution in [0.25, 0.3) is 22.5 Å². The molecule has 0 N–H and O–H groups in total. The van der Waals surface area contributed by atoms with Crippen LogP contribution in [-0.4, -0.2) is 30.3 Å². The first-order chi connectivity index (χ1) is 14.7. The fourth-order valence-corrected chi connectivity index (χ4v) is 3.72. The lowest BCUT2D eigenvalue weighted by molar-refractivity contribution is 0.0436. The molecular formula is C22H18N2O5S. The molecule has 2 heterocycles. The third-order valence-electron chi connectivity index (χ3n) is 4.37. The van der Waals surface area contributed by atoms with Gasteiger partial charge in [-0.25, -0.2) is 4.79 Å². The first kappa shape index (κ1) is 19.7. The molecule has 30 heavy (non-hydrogen) atoms. The van der Waals surface area contributed by atoms with Gasteiger partial charge in [0.25, 0.3) is 5.89 Å². The molecule has 0 fully saturated rings. The number of esters is 1. The van der Waals surface area contributed by atoms with E-state index < -0.39 is 5.97 Å². The lowest BCUT2D eigenvalue weighted by atomic mass is 10.1. The zero-order valence-electron chi connectivity index (χ0n) is 16.3. The van der Waals surface area contributed by atoms with Crippen LogP contribution < -0.4 is 9.47 Å². The maximum atomic E-state index is 12.6. The molecule has 0 amide bonds. The lowest BCUT2D eigenvalue weighted by Crippen LogP contribution is -2.04. The molecule has 0 aliphatic rings. The minimum atomic E-state index is -0.435. The number of carbonyl (C=O) groups excluding carboxylic acids is 1. The number of ether oxygens (including phenoxy) is 3. The normalized spacial score (nSPS) is 10.6. The highest BCUT2D eigenvalue weighted by Crippen LogP contribution is 2.31. The molecule has 0 aliphatic heterocycles. The largest absolute Gasteiger partial charge is 0.493 e. The van der Waals surface area contributed by atoms with Crippen molar-refractivity contribution in [3.63, 3.8) is 0 Å². The average molecular weight is 422 g/mol. The van der Waals surface area contributed by atoms with Gasteiger partial charge in [0.2, 0.25) is 5.82 Å². The van der Waals surface area contributed by atoms with Crippen molar-refractivity contribution in [2.75, 3.05) is 14.2 Å². The first-order valence-corrected chi connectivity index (χ1v) is 9.92.